The number of anilines is 1. The zero-order valence-electron chi connectivity index (χ0n) is 12.7. The molecule has 1 amide bonds. The molecule has 0 atom stereocenters. The van der Waals surface area contributed by atoms with Gasteiger partial charge < -0.3 is 15.6 Å². The third-order valence-corrected chi connectivity index (χ3v) is 3.09. The van der Waals surface area contributed by atoms with Gasteiger partial charge in [0, 0.05) is 23.7 Å². The van der Waals surface area contributed by atoms with Crippen LogP contribution in [0.25, 0.3) is 0 Å². The van der Waals surface area contributed by atoms with Crippen molar-refractivity contribution < 1.29 is 4.79 Å². The molecule has 2 rings (SSSR count). The van der Waals surface area contributed by atoms with Gasteiger partial charge in [-0.25, -0.2) is 4.98 Å². The predicted molar refractivity (Wildman–Crippen MR) is 79.5 cm³/mol. The maximum Gasteiger partial charge on any atom is 0.251 e. The van der Waals surface area contributed by atoms with Crippen LogP contribution in [0, 0.1) is 0 Å². The van der Waals surface area contributed by atoms with E-state index in [1.54, 1.807) is 23.0 Å². The van der Waals surface area contributed by atoms with Crippen molar-refractivity contribution >= 4 is 11.7 Å². The number of amides is 1. The molecule has 0 aliphatic rings. The molecular weight excluding hydrogens is 268 g/mol. The van der Waals surface area contributed by atoms with E-state index < -0.39 is 0 Å². The number of pyridine rings is 1. The summed E-state index contributed by atoms with van der Waals surface area (Å²) in [4.78, 5) is 16.5. The minimum atomic E-state index is -0.211. The van der Waals surface area contributed by atoms with Gasteiger partial charge in [-0.05, 0) is 12.1 Å². The van der Waals surface area contributed by atoms with Crippen LogP contribution < -0.4 is 11.1 Å². The van der Waals surface area contributed by atoms with Crippen molar-refractivity contribution in [3.05, 3.63) is 35.5 Å². The molecule has 2 aromatic heterocycles. The van der Waals surface area contributed by atoms with Crippen molar-refractivity contribution in [2.75, 3.05) is 5.73 Å². The number of aromatic nitrogens is 4. The van der Waals surface area contributed by atoms with E-state index in [2.05, 4.69) is 20.5 Å². The average molecular weight is 288 g/mol. The molecule has 0 aliphatic carbocycles. The zero-order chi connectivity index (χ0) is 15.6. The topological polar surface area (TPSA) is 98.7 Å². The zero-order valence-corrected chi connectivity index (χ0v) is 12.7. The van der Waals surface area contributed by atoms with Crippen LogP contribution >= 0.6 is 0 Å². The molecule has 0 unspecified atom stereocenters. The van der Waals surface area contributed by atoms with Gasteiger partial charge in [-0.3, -0.25) is 4.79 Å². The predicted octanol–water partition coefficient (Wildman–Crippen LogP) is 1.02. The highest BCUT2D eigenvalue weighted by molar-refractivity contribution is 5.94. The highest BCUT2D eigenvalue weighted by Crippen LogP contribution is 2.22. The van der Waals surface area contributed by atoms with E-state index in [4.69, 9.17) is 5.73 Å². The van der Waals surface area contributed by atoms with E-state index in [0.717, 1.165) is 5.69 Å². The summed E-state index contributed by atoms with van der Waals surface area (Å²) in [6.45, 7) is 6.38. The fourth-order valence-corrected chi connectivity index (χ4v) is 1.80. The van der Waals surface area contributed by atoms with Crippen molar-refractivity contribution in [2.24, 2.45) is 7.05 Å². The Morgan fingerprint density at radius 1 is 1.38 bits per heavy atom. The lowest BCUT2D eigenvalue weighted by Crippen LogP contribution is -2.25. The third kappa shape index (κ3) is 3.56. The Hall–Kier alpha value is -2.44. The van der Waals surface area contributed by atoms with Gasteiger partial charge in [0.2, 0.25) is 0 Å². The lowest BCUT2D eigenvalue weighted by atomic mass is 9.90. The molecule has 0 spiro atoms. The summed E-state index contributed by atoms with van der Waals surface area (Å²) in [5.74, 6) is 0.810. The molecular formula is C14H20N6O. The largest absolute Gasteiger partial charge is 0.384 e. The van der Waals surface area contributed by atoms with Crippen molar-refractivity contribution in [1.82, 2.24) is 25.1 Å². The summed E-state index contributed by atoms with van der Waals surface area (Å²) in [5, 5.41) is 10.5. The van der Waals surface area contributed by atoms with Crippen molar-refractivity contribution in [1.29, 1.82) is 0 Å². The quantitative estimate of drug-likeness (QED) is 0.878. The number of carbonyl (C=O) groups excluding carboxylic acids is 1. The van der Waals surface area contributed by atoms with Gasteiger partial charge in [0.1, 0.15) is 12.1 Å². The molecule has 0 radical (unpaired) electrons. The number of nitrogens with one attached hydrogen (secondary N) is 1. The van der Waals surface area contributed by atoms with E-state index in [1.165, 1.54) is 0 Å². The second kappa shape index (κ2) is 5.51. The first-order valence-electron chi connectivity index (χ1n) is 6.66. The standard InChI is InChI=1S/C14H20N6O/c1-14(2,3)10-5-9(6-11(15)18-10)13(21)16-7-12-19-17-8-20(12)4/h5-6,8H,7H2,1-4H3,(H2,15,18)(H,16,21). The second-order valence-corrected chi connectivity index (χ2v) is 5.96. The van der Waals surface area contributed by atoms with Crippen LogP contribution in [0.4, 0.5) is 5.82 Å². The number of nitrogens with zero attached hydrogens (tertiary/aromatic N) is 4. The van der Waals surface area contributed by atoms with Gasteiger partial charge >= 0.3 is 0 Å². The molecule has 0 saturated carbocycles. The Balaban J connectivity index is 2.16. The van der Waals surface area contributed by atoms with Crippen molar-refractivity contribution in [3.8, 4) is 0 Å². The van der Waals surface area contributed by atoms with Crippen molar-refractivity contribution in [2.45, 2.75) is 32.7 Å². The summed E-state index contributed by atoms with van der Waals surface area (Å²) in [6, 6.07) is 3.34. The minimum absolute atomic E-state index is 0.173. The molecule has 3 N–H and O–H groups in total. The number of carbonyl (C=O) groups is 1. The summed E-state index contributed by atoms with van der Waals surface area (Å²) >= 11 is 0. The molecule has 21 heavy (non-hydrogen) atoms. The van der Waals surface area contributed by atoms with Crippen LogP contribution in [0.15, 0.2) is 18.5 Å². The fourth-order valence-electron chi connectivity index (χ4n) is 1.80. The molecule has 2 aromatic rings. The monoisotopic (exact) mass is 288 g/mol. The number of hydrogen-bond donors (Lipinski definition) is 2. The molecule has 7 nitrogen and oxygen atoms in total. The molecule has 0 bridgehead atoms. The summed E-state index contributed by atoms with van der Waals surface area (Å²) < 4.78 is 1.75. The third-order valence-electron chi connectivity index (χ3n) is 3.09. The first kappa shape index (κ1) is 15.0. The Morgan fingerprint density at radius 2 is 2.10 bits per heavy atom. The van der Waals surface area contributed by atoms with Gasteiger partial charge in [-0.2, -0.15) is 0 Å². The van der Waals surface area contributed by atoms with Gasteiger partial charge in [-0.15, -0.1) is 10.2 Å². The number of rotatable bonds is 3. The van der Waals surface area contributed by atoms with Crippen molar-refractivity contribution in [3.63, 3.8) is 0 Å². The van der Waals surface area contributed by atoms with Crippen LogP contribution in [0.1, 0.15) is 42.6 Å². The SMILES string of the molecule is Cn1cnnc1CNC(=O)c1cc(N)nc(C(C)(C)C)c1. The molecule has 0 aliphatic heterocycles. The lowest BCUT2D eigenvalue weighted by Gasteiger charge is -2.19. The van der Waals surface area contributed by atoms with Crippen LogP contribution in [0.5, 0.6) is 0 Å². The van der Waals surface area contributed by atoms with Gasteiger partial charge in [0.05, 0.1) is 6.54 Å². The molecule has 7 heteroatoms. The number of nitrogen functional groups attached to an aromatic ring is 1. The maximum absolute atomic E-state index is 12.2. The summed E-state index contributed by atoms with van der Waals surface area (Å²) in [5.41, 5.74) is 6.90. The van der Waals surface area contributed by atoms with Crippen LogP contribution in [0.3, 0.4) is 0 Å². The number of aryl methyl sites for hydroxylation is 1. The smallest absolute Gasteiger partial charge is 0.251 e. The number of hydrogen-bond acceptors (Lipinski definition) is 5. The van der Waals surface area contributed by atoms with E-state index in [9.17, 15) is 4.79 Å². The van der Waals surface area contributed by atoms with Crippen LogP contribution in [0.2, 0.25) is 0 Å². The molecule has 2 heterocycles. The van der Waals surface area contributed by atoms with Gasteiger partial charge in [-0.1, -0.05) is 20.8 Å². The highest BCUT2D eigenvalue weighted by Gasteiger charge is 2.18. The Kier molecular flexibility index (Phi) is 3.93. The fraction of sp³-hybridized carbons (Fsp3) is 0.429. The van der Waals surface area contributed by atoms with E-state index in [1.807, 2.05) is 27.8 Å². The second-order valence-electron chi connectivity index (χ2n) is 5.96. The van der Waals surface area contributed by atoms with E-state index >= 15 is 0 Å². The van der Waals surface area contributed by atoms with Gasteiger partial charge in [0.25, 0.3) is 5.91 Å². The first-order valence-corrected chi connectivity index (χ1v) is 6.66. The lowest BCUT2D eigenvalue weighted by molar-refractivity contribution is 0.0949. The molecule has 0 fully saturated rings. The highest BCUT2D eigenvalue weighted by atomic mass is 16.1. The first-order chi connectivity index (χ1) is 9.77. The summed E-state index contributed by atoms with van der Waals surface area (Å²) in [7, 11) is 1.82. The average Bonchev–Trinajstić information content (AvgIpc) is 2.79. The Morgan fingerprint density at radius 3 is 2.67 bits per heavy atom. The van der Waals surface area contributed by atoms with E-state index in [-0.39, 0.29) is 11.3 Å². The van der Waals surface area contributed by atoms with Crippen LogP contribution in [-0.2, 0) is 19.0 Å². The number of nitrogens with two attached hydrogens (primary N) is 1. The van der Waals surface area contributed by atoms with Gasteiger partial charge in [0.15, 0.2) is 5.82 Å². The summed E-state index contributed by atoms with van der Waals surface area (Å²) in [6.07, 6.45) is 1.59. The molecule has 0 saturated heterocycles. The Bertz CT molecular complexity index is 656. The maximum atomic E-state index is 12.2. The van der Waals surface area contributed by atoms with Crippen LogP contribution in [-0.4, -0.2) is 25.7 Å². The normalized spacial score (nSPS) is 11.4. The Labute approximate surface area is 123 Å². The van der Waals surface area contributed by atoms with E-state index in [0.29, 0.717) is 23.8 Å². The molecule has 0 aromatic carbocycles. The minimum Gasteiger partial charge on any atom is -0.384 e. The molecule has 112 valence electrons.